The quantitative estimate of drug-likeness (QED) is 0.619. The molecular formula is C22H20N2O5. The first kappa shape index (κ1) is 19.9. The Morgan fingerprint density at radius 1 is 0.931 bits per heavy atom. The number of carbonyl (C=O) groups is 3. The molecule has 3 rings (SSSR count). The van der Waals surface area contributed by atoms with E-state index in [0.29, 0.717) is 5.69 Å². The molecule has 0 bridgehead atoms. The molecule has 0 aliphatic carbocycles. The van der Waals surface area contributed by atoms with Crippen LogP contribution in [0.1, 0.15) is 32.0 Å². The number of ether oxygens (including phenoxy) is 1. The summed E-state index contributed by atoms with van der Waals surface area (Å²) < 4.78 is 10.2. The Morgan fingerprint density at radius 2 is 1.72 bits per heavy atom. The van der Waals surface area contributed by atoms with Crippen LogP contribution >= 0.6 is 0 Å². The van der Waals surface area contributed by atoms with Crippen molar-refractivity contribution in [2.45, 2.75) is 13.8 Å². The molecule has 0 unspecified atom stereocenters. The Labute approximate surface area is 167 Å². The minimum absolute atomic E-state index is 0.112. The number of nitrogens with one attached hydrogen (secondary N) is 2. The van der Waals surface area contributed by atoms with Gasteiger partial charge in [0.2, 0.25) is 0 Å². The van der Waals surface area contributed by atoms with Gasteiger partial charge in [-0.2, -0.15) is 0 Å². The van der Waals surface area contributed by atoms with E-state index in [4.69, 9.17) is 9.15 Å². The lowest BCUT2D eigenvalue weighted by Crippen LogP contribution is -2.22. The third kappa shape index (κ3) is 5.10. The molecule has 2 amide bonds. The van der Waals surface area contributed by atoms with Crippen molar-refractivity contribution in [2.75, 3.05) is 17.2 Å². The summed E-state index contributed by atoms with van der Waals surface area (Å²) in [5.74, 6) is -1.57. The third-order valence-electron chi connectivity index (χ3n) is 4.13. The summed E-state index contributed by atoms with van der Waals surface area (Å²) in [6, 6.07) is 15.1. The molecule has 2 N–H and O–H groups in total. The topological polar surface area (TPSA) is 97.6 Å². The highest BCUT2D eigenvalue weighted by molar-refractivity contribution is 6.07. The molecule has 0 atom stereocenters. The zero-order valence-corrected chi connectivity index (χ0v) is 16.0. The van der Waals surface area contributed by atoms with E-state index in [2.05, 4.69) is 10.6 Å². The Kier molecular flexibility index (Phi) is 6.09. The van der Waals surface area contributed by atoms with Crippen molar-refractivity contribution in [3.63, 3.8) is 0 Å². The molecule has 148 valence electrons. The Bertz CT molecular complexity index is 1040. The molecule has 0 aliphatic heterocycles. The highest BCUT2D eigenvalue weighted by atomic mass is 16.5. The Hall–Kier alpha value is -3.87. The van der Waals surface area contributed by atoms with Gasteiger partial charge in [-0.25, -0.2) is 4.79 Å². The van der Waals surface area contributed by atoms with E-state index in [9.17, 15) is 14.4 Å². The molecule has 0 saturated carbocycles. The number of rotatable bonds is 6. The number of hydrogen-bond donors (Lipinski definition) is 2. The predicted octanol–water partition coefficient (Wildman–Crippen LogP) is 3.94. The maximum atomic E-state index is 12.4. The molecule has 2 aromatic carbocycles. The van der Waals surface area contributed by atoms with Gasteiger partial charge >= 0.3 is 5.97 Å². The summed E-state index contributed by atoms with van der Waals surface area (Å²) in [5.41, 5.74) is 3.04. The van der Waals surface area contributed by atoms with Crippen LogP contribution in [0.3, 0.4) is 0 Å². The molecule has 29 heavy (non-hydrogen) atoms. The number of furan rings is 1. The lowest BCUT2D eigenvalue weighted by Gasteiger charge is -2.11. The van der Waals surface area contributed by atoms with Gasteiger partial charge in [0.05, 0.1) is 17.5 Å². The van der Waals surface area contributed by atoms with Crippen LogP contribution in [-0.2, 0) is 9.53 Å². The van der Waals surface area contributed by atoms with Gasteiger partial charge in [-0.15, -0.1) is 0 Å². The lowest BCUT2D eigenvalue weighted by atomic mass is 10.1. The number of para-hydroxylation sites is 1. The summed E-state index contributed by atoms with van der Waals surface area (Å²) in [6.07, 6.45) is 1.38. The number of carbonyl (C=O) groups excluding carboxylic acids is 3. The summed E-state index contributed by atoms with van der Waals surface area (Å²) >= 11 is 0. The third-order valence-corrected chi connectivity index (χ3v) is 4.13. The molecular weight excluding hydrogens is 372 g/mol. The second kappa shape index (κ2) is 8.88. The van der Waals surface area contributed by atoms with Crippen molar-refractivity contribution in [1.82, 2.24) is 0 Å². The number of aryl methyl sites for hydroxylation is 2. The zero-order valence-electron chi connectivity index (χ0n) is 16.0. The van der Waals surface area contributed by atoms with Crippen molar-refractivity contribution >= 4 is 29.2 Å². The van der Waals surface area contributed by atoms with Gasteiger partial charge in [-0.1, -0.05) is 29.8 Å². The second-order valence-corrected chi connectivity index (χ2v) is 6.42. The maximum absolute atomic E-state index is 12.4. The lowest BCUT2D eigenvalue weighted by molar-refractivity contribution is -0.119. The minimum atomic E-state index is -0.726. The molecule has 0 spiro atoms. The van der Waals surface area contributed by atoms with Crippen LogP contribution in [0.2, 0.25) is 0 Å². The van der Waals surface area contributed by atoms with Crippen molar-refractivity contribution < 1.29 is 23.5 Å². The van der Waals surface area contributed by atoms with Crippen molar-refractivity contribution in [1.29, 1.82) is 0 Å². The molecule has 0 saturated heterocycles. The molecule has 7 nitrogen and oxygen atoms in total. The number of esters is 1. The van der Waals surface area contributed by atoms with Crippen LogP contribution in [0, 0.1) is 13.8 Å². The first-order valence-electron chi connectivity index (χ1n) is 8.92. The van der Waals surface area contributed by atoms with E-state index < -0.39 is 24.4 Å². The monoisotopic (exact) mass is 392 g/mol. The van der Waals surface area contributed by atoms with Gasteiger partial charge in [0.1, 0.15) is 0 Å². The smallest absolute Gasteiger partial charge is 0.340 e. The number of amides is 2. The van der Waals surface area contributed by atoms with Crippen molar-refractivity contribution in [3.05, 3.63) is 83.3 Å². The summed E-state index contributed by atoms with van der Waals surface area (Å²) in [4.78, 5) is 36.7. The van der Waals surface area contributed by atoms with Crippen molar-refractivity contribution in [2.24, 2.45) is 0 Å². The molecule has 0 aliphatic rings. The van der Waals surface area contributed by atoms with Gasteiger partial charge in [-0.05, 0) is 49.7 Å². The highest BCUT2D eigenvalue weighted by Crippen LogP contribution is 2.18. The fourth-order valence-corrected chi connectivity index (χ4v) is 2.71. The van der Waals surface area contributed by atoms with E-state index in [1.807, 2.05) is 26.0 Å². The fraction of sp³-hybridized carbons (Fsp3) is 0.136. The summed E-state index contributed by atoms with van der Waals surface area (Å²) in [5, 5.41) is 5.31. The molecule has 0 fully saturated rings. The standard InChI is InChI=1S/C22H20N2O5/c1-14-9-10-17(15(2)12-14)23-20(25)13-29-22(27)16-6-3-4-7-18(16)24-21(26)19-8-5-11-28-19/h3-12H,13H2,1-2H3,(H,23,25)(H,24,26). The second-order valence-electron chi connectivity index (χ2n) is 6.42. The van der Waals surface area contributed by atoms with Crippen LogP contribution in [0.5, 0.6) is 0 Å². The summed E-state index contributed by atoms with van der Waals surface area (Å²) in [7, 11) is 0. The first-order chi connectivity index (χ1) is 13.9. The highest BCUT2D eigenvalue weighted by Gasteiger charge is 2.17. The molecule has 1 aromatic heterocycles. The van der Waals surface area contributed by atoms with Gasteiger partial charge in [0.25, 0.3) is 11.8 Å². The van der Waals surface area contributed by atoms with E-state index >= 15 is 0 Å². The van der Waals surface area contributed by atoms with Crippen LogP contribution in [0.15, 0.2) is 65.3 Å². The Morgan fingerprint density at radius 3 is 2.45 bits per heavy atom. The van der Waals surface area contributed by atoms with E-state index in [1.54, 1.807) is 30.3 Å². The van der Waals surface area contributed by atoms with Gasteiger partial charge in [0, 0.05) is 5.69 Å². The van der Waals surface area contributed by atoms with E-state index in [0.717, 1.165) is 11.1 Å². The summed E-state index contributed by atoms with van der Waals surface area (Å²) in [6.45, 7) is 3.39. The van der Waals surface area contributed by atoms with E-state index in [-0.39, 0.29) is 17.0 Å². The fourth-order valence-electron chi connectivity index (χ4n) is 2.71. The minimum Gasteiger partial charge on any atom is -0.459 e. The first-order valence-corrected chi connectivity index (χ1v) is 8.92. The number of hydrogen-bond acceptors (Lipinski definition) is 5. The van der Waals surface area contributed by atoms with E-state index in [1.165, 1.54) is 18.4 Å². The van der Waals surface area contributed by atoms with Gasteiger partial charge in [0.15, 0.2) is 12.4 Å². The van der Waals surface area contributed by atoms with Crippen LogP contribution in [0.4, 0.5) is 11.4 Å². The van der Waals surface area contributed by atoms with Crippen molar-refractivity contribution in [3.8, 4) is 0 Å². The van der Waals surface area contributed by atoms with Crippen LogP contribution in [-0.4, -0.2) is 24.4 Å². The van der Waals surface area contributed by atoms with Crippen LogP contribution in [0.25, 0.3) is 0 Å². The normalized spacial score (nSPS) is 10.3. The maximum Gasteiger partial charge on any atom is 0.340 e. The predicted molar refractivity (Wildman–Crippen MR) is 108 cm³/mol. The largest absolute Gasteiger partial charge is 0.459 e. The molecule has 3 aromatic rings. The molecule has 7 heteroatoms. The average Bonchev–Trinajstić information content (AvgIpc) is 3.24. The number of benzene rings is 2. The average molecular weight is 392 g/mol. The Balaban J connectivity index is 1.62. The van der Waals surface area contributed by atoms with Gasteiger partial charge in [-0.3, -0.25) is 9.59 Å². The SMILES string of the molecule is Cc1ccc(NC(=O)COC(=O)c2ccccc2NC(=O)c2ccco2)c(C)c1. The molecule has 0 radical (unpaired) electrons. The molecule has 1 heterocycles. The van der Waals surface area contributed by atoms with Gasteiger partial charge < -0.3 is 19.8 Å². The zero-order chi connectivity index (χ0) is 20.8. The number of anilines is 2. The van der Waals surface area contributed by atoms with Crippen LogP contribution < -0.4 is 10.6 Å².